The summed E-state index contributed by atoms with van der Waals surface area (Å²) in [6, 6.07) is 5.78. The van der Waals surface area contributed by atoms with E-state index in [-0.39, 0.29) is 24.7 Å². The van der Waals surface area contributed by atoms with Gasteiger partial charge >= 0.3 is 5.97 Å². The Kier molecular flexibility index (Phi) is 9.44. The minimum absolute atomic E-state index is 0.189. The Labute approximate surface area is 175 Å². The van der Waals surface area contributed by atoms with Crippen molar-refractivity contribution in [3.8, 4) is 5.75 Å². The molecule has 1 aliphatic rings. The van der Waals surface area contributed by atoms with E-state index in [1.807, 2.05) is 13.0 Å². The molecule has 0 heterocycles. The number of aliphatic hydroxyl groups excluding tert-OH is 2. The molecule has 0 aromatic heterocycles. The number of hydrogen-bond donors (Lipinski definition) is 3. The van der Waals surface area contributed by atoms with Crippen molar-refractivity contribution in [2.45, 2.75) is 84.3 Å². The lowest BCUT2D eigenvalue weighted by molar-refractivity contribution is -0.139. The molecule has 1 saturated carbocycles. The zero-order valence-electron chi connectivity index (χ0n) is 18.1. The van der Waals surface area contributed by atoms with Crippen LogP contribution >= 0.6 is 0 Å². The summed E-state index contributed by atoms with van der Waals surface area (Å²) in [6.45, 7) is 5.99. The summed E-state index contributed by atoms with van der Waals surface area (Å²) in [6.07, 6.45) is 6.86. The molecule has 0 bridgehead atoms. The molecule has 0 amide bonds. The molecule has 1 fully saturated rings. The highest BCUT2D eigenvalue weighted by atomic mass is 16.5. The van der Waals surface area contributed by atoms with Gasteiger partial charge in [-0.3, -0.25) is 0 Å². The highest BCUT2D eigenvalue weighted by Gasteiger charge is 2.40. The summed E-state index contributed by atoms with van der Waals surface area (Å²) < 4.78 is 5.42. The van der Waals surface area contributed by atoms with E-state index < -0.39 is 5.97 Å². The second kappa shape index (κ2) is 11.6. The van der Waals surface area contributed by atoms with E-state index in [2.05, 4.69) is 19.9 Å². The van der Waals surface area contributed by atoms with Crippen LogP contribution in [-0.4, -0.2) is 40.1 Å². The molecule has 5 heteroatoms. The monoisotopic (exact) mass is 406 g/mol. The van der Waals surface area contributed by atoms with Gasteiger partial charge in [0, 0.05) is 0 Å². The average Bonchev–Trinajstić information content (AvgIpc) is 2.93. The average molecular weight is 407 g/mol. The topological polar surface area (TPSA) is 87.0 Å². The van der Waals surface area contributed by atoms with Crippen LogP contribution in [-0.2, 0) is 11.2 Å². The fourth-order valence-electron chi connectivity index (χ4n) is 4.79. The first-order valence-electron chi connectivity index (χ1n) is 11.1. The summed E-state index contributed by atoms with van der Waals surface area (Å²) >= 11 is 0. The Hall–Kier alpha value is -1.59. The predicted octanol–water partition coefficient (Wildman–Crippen LogP) is 4.36. The van der Waals surface area contributed by atoms with Crippen LogP contribution in [0.3, 0.4) is 0 Å². The van der Waals surface area contributed by atoms with Crippen molar-refractivity contribution in [3.05, 3.63) is 29.3 Å². The molecule has 1 aromatic rings. The molecule has 0 spiro atoms. The second-order valence-corrected chi connectivity index (χ2v) is 8.76. The molecule has 29 heavy (non-hydrogen) atoms. The minimum atomic E-state index is -0.986. The summed E-state index contributed by atoms with van der Waals surface area (Å²) in [5.74, 6) is 0.573. The van der Waals surface area contributed by atoms with E-state index in [4.69, 9.17) is 9.84 Å². The maximum atomic E-state index is 10.8. The maximum absolute atomic E-state index is 10.8. The second-order valence-electron chi connectivity index (χ2n) is 8.76. The highest BCUT2D eigenvalue weighted by Crippen LogP contribution is 2.42. The normalized spacial score (nSPS) is 25.1. The summed E-state index contributed by atoms with van der Waals surface area (Å²) in [5.41, 5.74) is 2.12. The molecular weight excluding hydrogens is 368 g/mol. The SMILES string of the molecule is CCCCC[C@H](O)CC[C@@H]1[C@@H](Cc2cccc(OCC(=O)O)c2C)[C@@H](C)C[C@H]1O. The van der Waals surface area contributed by atoms with E-state index in [1.165, 1.54) is 0 Å². The van der Waals surface area contributed by atoms with Crippen LogP contribution in [0.25, 0.3) is 0 Å². The van der Waals surface area contributed by atoms with Gasteiger partial charge in [-0.2, -0.15) is 0 Å². The van der Waals surface area contributed by atoms with E-state index in [0.717, 1.165) is 62.5 Å². The van der Waals surface area contributed by atoms with Gasteiger partial charge in [0.05, 0.1) is 12.2 Å². The van der Waals surface area contributed by atoms with Crippen LogP contribution < -0.4 is 4.74 Å². The quantitative estimate of drug-likeness (QED) is 0.449. The lowest BCUT2D eigenvalue weighted by Crippen LogP contribution is -2.24. The first-order valence-corrected chi connectivity index (χ1v) is 11.1. The fourth-order valence-corrected chi connectivity index (χ4v) is 4.79. The number of carboxylic acids is 1. The third-order valence-electron chi connectivity index (χ3n) is 6.57. The van der Waals surface area contributed by atoms with Crippen molar-refractivity contribution in [1.82, 2.24) is 0 Å². The summed E-state index contributed by atoms with van der Waals surface area (Å²) in [5, 5.41) is 29.8. The Morgan fingerprint density at radius 2 is 2.00 bits per heavy atom. The first-order chi connectivity index (χ1) is 13.8. The maximum Gasteiger partial charge on any atom is 0.341 e. The number of benzene rings is 1. The lowest BCUT2D eigenvalue weighted by atomic mass is 9.80. The third-order valence-corrected chi connectivity index (χ3v) is 6.57. The number of carboxylic acid groups (broad SMARTS) is 1. The van der Waals surface area contributed by atoms with Gasteiger partial charge < -0.3 is 20.1 Å². The van der Waals surface area contributed by atoms with Crippen molar-refractivity contribution >= 4 is 5.97 Å². The van der Waals surface area contributed by atoms with Crippen molar-refractivity contribution in [2.75, 3.05) is 6.61 Å². The van der Waals surface area contributed by atoms with Crippen LogP contribution in [0.2, 0.25) is 0 Å². The number of aliphatic hydroxyl groups is 2. The number of unbranched alkanes of at least 4 members (excludes halogenated alkanes) is 2. The molecule has 164 valence electrons. The van der Waals surface area contributed by atoms with Gasteiger partial charge in [0.2, 0.25) is 0 Å². The Balaban J connectivity index is 2.01. The lowest BCUT2D eigenvalue weighted by Gasteiger charge is -2.26. The van der Waals surface area contributed by atoms with Gasteiger partial charge in [-0.1, -0.05) is 45.2 Å². The number of aliphatic carboxylic acids is 1. The molecule has 0 aliphatic heterocycles. The molecule has 0 saturated heterocycles. The van der Waals surface area contributed by atoms with Crippen LogP contribution in [0, 0.1) is 24.7 Å². The Morgan fingerprint density at radius 1 is 1.24 bits per heavy atom. The fraction of sp³-hybridized carbons (Fsp3) is 0.708. The molecule has 2 rings (SSSR count). The van der Waals surface area contributed by atoms with Crippen LogP contribution in [0.5, 0.6) is 5.75 Å². The van der Waals surface area contributed by atoms with E-state index in [9.17, 15) is 15.0 Å². The summed E-state index contributed by atoms with van der Waals surface area (Å²) in [4.78, 5) is 10.8. The van der Waals surface area contributed by atoms with Crippen LogP contribution in [0.15, 0.2) is 18.2 Å². The smallest absolute Gasteiger partial charge is 0.341 e. The largest absolute Gasteiger partial charge is 0.482 e. The predicted molar refractivity (Wildman–Crippen MR) is 114 cm³/mol. The number of hydrogen-bond acceptors (Lipinski definition) is 4. The van der Waals surface area contributed by atoms with Gasteiger partial charge in [-0.05, 0) is 74.0 Å². The van der Waals surface area contributed by atoms with E-state index in [1.54, 1.807) is 6.07 Å². The Bertz CT molecular complexity index is 644. The summed E-state index contributed by atoms with van der Waals surface area (Å²) in [7, 11) is 0. The van der Waals surface area contributed by atoms with E-state index in [0.29, 0.717) is 17.6 Å². The minimum Gasteiger partial charge on any atom is -0.482 e. The van der Waals surface area contributed by atoms with Crippen molar-refractivity contribution in [3.63, 3.8) is 0 Å². The Morgan fingerprint density at radius 3 is 2.69 bits per heavy atom. The zero-order chi connectivity index (χ0) is 21.4. The molecule has 0 unspecified atom stereocenters. The van der Waals surface area contributed by atoms with Crippen molar-refractivity contribution in [1.29, 1.82) is 0 Å². The van der Waals surface area contributed by atoms with Gasteiger partial charge in [-0.25, -0.2) is 4.79 Å². The van der Waals surface area contributed by atoms with Crippen molar-refractivity contribution in [2.24, 2.45) is 17.8 Å². The molecule has 1 aromatic carbocycles. The standard InChI is InChI=1S/C24H38O5/c1-4-5-6-9-19(25)11-12-20-21(16(2)13-22(20)26)14-18-8-7-10-23(17(18)3)29-15-24(27)28/h7-8,10,16,19-22,25-26H,4-6,9,11-15H2,1-3H3,(H,27,28)/t16-,19-,20+,21-,22+/m0/s1. The van der Waals surface area contributed by atoms with Gasteiger partial charge in [0.25, 0.3) is 0 Å². The zero-order valence-corrected chi connectivity index (χ0v) is 18.1. The van der Waals surface area contributed by atoms with Crippen LogP contribution in [0.4, 0.5) is 0 Å². The number of rotatable bonds is 12. The van der Waals surface area contributed by atoms with Gasteiger partial charge in [0.15, 0.2) is 6.61 Å². The number of carbonyl (C=O) groups is 1. The molecule has 3 N–H and O–H groups in total. The van der Waals surface area contributed by atoms with Crippen LogP contribution in [0.1, 0.15) is 69.9 Å². The third kappa shape index (κ3) is 7.00. The molecule has 5 atom stereocenters. The molecule has 5 nitrogen and oxygen atoms in total. The highest BCUT2D eigenvalue weighted by molar-refractivity contribution is 5.68. The van der Waals surface area contributed by atoms with Gasteiger partial charge in [0.1, 0.15) is 5.75 Å². The van der Waals surface area contributed by atoms with Crippen molar-refractivity contribution < 1.29 is 24.9 Å². The molecular formula is C24H38O5. The first kappa shape index (κ1) is 23.7. The van der Waals surface area contributed by atoms with E-state index >= 15 is 0 Å². The molecule has 0 radical (unpaired) electrons. The number of ether oxygens (including phenoxy) is 1. The molecule has 1 aliphatic carbocycles. The van der Waals surface area contributed by atoms with Gasteiger partial charge in [-0.15, -0.1) is 0 Å².